The lowest BCUT2D eigenvalue weighted by molar-refractivity contribution is -0.139. The second-order valence-corrected chi connectivity index (χ2v) is 4.15. The summed E-state index contributed by atoms with van der Waals surface area (Å²) in [6, 6.07) is 9.56. The fourth-order valence-electron chi connectivity index (χ4n) is 1.87. The second-order valence-electron chi connectivity index (χ2n) is 4.15. The van der Waals surface area contributed by atoms with Gasteiger partial charge >= 0.3 is 5.97 Å². The van der Waals surface area contributed by atoms with Crippen molar-refractivity contribution in [3.63, 3.8) is 0 Å². The van der Waals surface area contributed by atoms with Crippen molar-refractivity contribution >= 4 is 5.97 Å². The van der Waals surface area contributed by atoms with Crippen LogP contribution in [0.5, 0.6) is 0 Å². The highest BCUT2D eigenvalue weighted by atomic mass is 16.4. The van der Waals surface area contributed by atoms with E-state index >= 15 is 0 Å². The maximum atomic E-state index is 10.8. The van der Waals surface area contributed by atoms with Crippen LogP contribution >= 0.6 is 0 Å². The summed E-state index contributed by atoms with van der Waals surface area (Å²) in [5.74, 6) is -0.794. The van der Waals surface area contributed by atoms with Crippen LogP contribution in [0.25, 0.3) is 0 Å². The fraction of sp³-hybridized carbons (Fsp3) is 0.417. The van der Waals surface area contributed by atoms with E-state index in [0.717, 1.165) is 12.8 Å². The first kappa shape index (κ1) is 10.2. The molecule has 2 rings (SSSR count). The molecule has 0 saturated heterocycles. The van der Waals surface area contributed by atoms with Gasteiger partial charge in [0, 0.05) is 5.54 Å². The third-order valence-corrected chi connectivity index (χ3v) is 2.94. The van der Waals surface area contributed by atoms with E-state index in [1.807, 2.05) is 18.2 Å². The van der Waals surface area contributed by atoms with E-state index in [1.54, 1.807) is 6.92 Å². The van der Waals surface area contributed by atoms with Crippen LogP contribution in [-0.4, -0.2) is 17.1 Å². The van der Waals surface area contributed by atoms with E-state index in [9.17, 15) is 4.79 Å². The number of carboxylic acid groups (broad SMARTS) is 1. The molecule has 0 spiro atoms. The summed E-state index contributed by atoms with van der Waals surface area (Å²) >= 11 is 0. The molecule has 1 aliphatic rings. The zero-order valence-corrected chi connectivity index (χ0v) is 8.73. The van der Waals surface area contributed by atoms with Gasteiger partial charge in [0.15, 0.2) is 0 Å². The minimum absolute atomic E-state index is 0.0843. The Morgan fingerprint density at radius 3 is 2.47 bits per heavy atom. The highest BCUT2D eigenvalue weighted by molar-refractivity contribution is 5.73. The molecule has 1 aromatic carbocycles. The van der Waals surface area contributed by atoms with Crippen LogP contribution in [0.3, 0.4) is 0 Å². The number of hydrogen-bond acceptors (Lipinski definition) is 2. The monoisotopic (exact) mass is 205 g/mol. The number of rotatable bonds is 4. The molecule has 1 fully saturated rings. The number of carbonyl (C=O) groups is 1. The van der Waals surface area contributed by atoms with E-state index in [0.29, 0.717) is 0 Å². The molecule has 1 aromatic rings. The second kappa shape index (κ2) is 3.66. The van der Waals surface area contributed by atoms with Gasteiger partial charge in [-0.15, -0.1) is 0 Å². The van der Waals surface area contributed by atoms with Gasteiger partial charge in [0.2, 0.25) is 0 Å². The van der Waals surface area contributed by atoms with Gasteiger partial charge in [-0.1, -0.05) is 30.3 Å². The third-order valence-electron chi connectivity index (χ3n) is 2.94. The smallest absolute Gasteiger partial charge is 0.320 e. The molecule has 0 radical (unpaired) electrons. The number of aliphatic carboxylic acids is 1. The highest BCUT2D eigenvalue weighted by Crippen LogP contribution is 2.45. The minimum atomic E-state index is -0.794. The topological polar surface area (TPSA) is 49.3 Å². The van der Waals surface area contributed by atoms with Gasteiger partial charge in [-0.2, -0.15) is 0 Å². The van der Waals surface area contributed by atoms with Gasteiger partial charge in [-0.25, -0.2) is 0 Å². The summed E-state index contributed by atoms with van der Waals surface area (Å²) in [4.78, 5) is 10.8. The molecule has 80 valence electrons. The largest absolute Gasteiger partial charge is 0.480 e. The van der Waals surface area contributed by atoms with Gasteiger partial charge in [-0.3, -0.25) is 10.1 Å². The zero-order valence-electron chi connectivity index (χ0n) is 8.73. The maximum Gasteiger partial charge on any atom is 0.320 e. The Kier molecular flexibility index (Phi) is 2.49. The SMILES string of the molecule is CC(NC1(c2ccccc2)CC1)C(=O)O. The van der Waals surface area contributed by atoms with Crippen LogP contribution in [0.2, 0.25) is 0 Å². The number of nitrogens with one attached hydrogen (secondary N) is 1. The van der Waals surface area contributed by atoms with Crippen molar-refractivity contribution in [3.8, 4) is 0 Å². The van der Waals surface area contributed by atoms with E-state index in [2.05, 4.69) is 17.4 Å². The molecule has 3 heteroatoms. The Balaban J connectivity index is 2.12. The molecular formula is C12H15NO2. The molecule has 1 aliphatic carbocycles. The number of hydrogen-bond donors (Lipinski definition) is 2. The Hall–Kier alpha value is -1.35. The average molecular weight is 205 g/mol. The molecule has 1 unspecified atom stereocenters. The standard InChI is InChI=1S/C12H15NO2/c1-9(11(14)15)13-12(7-8-12)10-5-3-2-4-6-10/h2-6,9,13H,7-8H2,1H3,(H,14,15). The van der Waals surface area contributed by atoms with E-state index in [1.165, 1.54) is 5.56 Å². The molecule has 3 nitrogen and oxygen atoms in total. The first-order chi connectivity index (χ1) is 7.14. The summed E-state index contributed by atoms with van der Waals surface area (Å²) < 4.78 is 0. The van der Waals surface area contributed by atoms with Crippen LogP contribution in [0.4, 0.5) is 0 Å². The van der Waals surface area contributed by atoms with Crippen molar-refractivity contribution in [2.45, 2.75) is 31.3 Å². The van der Waals surface area contributed by atoms with Crippen molar-refractivity contribution in [2.75, 3.05) is 0 Å². The van der Waals surface area contributed by atoms with Crippen molar-refractivity contribution in [1.82, 2.24) is 5.32 Å². The lowest BCUT2D eigenvalue weighted by Crippen LogP contribution is -2.41. The first-order valence-corrected chi connectivity index (χ1v) is 5.20. The first-order valence-electron chi connectivity index (χ1n) is 5.20. The van der Waals surface area contributed by atoms with Gasteiger partial charge in [0.1, 0.15) is 6.04 Å². The van der Waals surface area contributed by atoms with E-state index in [4.69, 9.17) is 5.11 Å². The zero-order chi connectivity index (χ0) is 10.9. The van der Waals surface area contributed by atoms with Crippen LogP contribution in [0.15, 0.2) is 30.3 Å². The van der Waals surface area contributed by atoms with E-state index in [-0.39, 0.29) is 5.54 Å². The van der Waals surface area contributed by atoms with Crippen molar-refractivity contribution in [2.24, 2.45) is 0 Å². The number of benzene rings is 1. The van der Waals surface area contributed by atoms with Crippen LogP contribution < -0.4 is 5.32 Å². The van der Waals surface area contributed by atoms with Crippen molar-refractivity contribution in [3.05, 3.63) is 35.9 Å². The quantitative estimate of drug-likeness (QED) is 0.787. The minimum Gasteiger partial charge on any atom is -0.480 e. The van der Waals surface area contributed by atoms with Gasteiger partial charge < -0.3 is 5.11 Å². The summed E-state index contributed by atoms with van der Waals surface area (Å²) in [7, 11) is 0. The van der Waals surface area contributed by atoms with Crippen LogP contribution in [0, 0.1) is 0 Å². The van der Waals surface area contributed by atoms with Crippen molar-refractivity contribution in [1.29, 1.82) is 0 Å². The van der Waals surface area contributed by atoms with E-state index < -0.39 is 12.0 Å². The summed E-state index contributed by atoms with van der Waals surface area (Å²) in [6.07, 6.45) is 2.04. The van der Waals surface area contributed by atoms with Crippen LogP contribution in [-0.2, 0) is 10.3 Å². The summed E-state index contributed by atoms with van der Waals surface area (Å²) in [5, 5.41) is 12.0. The Morgan fingerprint density at radius 2 is 2.00 bits per heavy atom. The molecule has 0 aliphatic heterocycles. The third kappa shape index (κ3) is 2.02. The summed E-state index contributed by atoms with van der Waals surface area (Å²) in [6.45, 7) is 1.69. The molecular weight excluding hydrogens is 190 g/mol. The molecule has 1 atom stereocenters. The molecule has 0 bridgehead atoms. The summed E-state index contributed by atoms with van der Waals surface area (Å²) in [5.41, 5.74) is 1.11. The fourth-order valence-corrected chi connectivity index (χ4v) is 1.87. The Bertz CT molecular complexity index is 357. The van der Waals surface area contributed by atoms with Gasteiger partial charge in [0.05, 0.1) is 0 Å². The average Bonchev–Trinajstić information content (AvgIpc) is 3.00. The Morgan fingerprint density at radius 1 is 1.40 bits per heavy atom. The molecule has 0 heterocycles. The lowest BCUT2D eigenvalue weighted by Gasteiger charge is -2.20. The van der Waals surface area contributed by atoms with Crippen molar-refractivity contribution < 1.29 is 9.90 Å². The molecule has 15 heavy (non-hydrogen) atoms. The lowest BCUT2D eigenvalue weighted by atomic mass is 10.0. The van der Waals surface area contributed by atoms with Gasteiger partial charge in [-0.05, 0) is 25.3 Å². The number of carboxylic acids is 1. The Labute approximate surface area is 89.1 Å². The molecule has 0 amide bonds. The normalized spacial score (nSPS) is 19.5. The predicted molar refractivity (Wildman–Crippen MR) is 57.6 cm³/mol. The maximum absolute atomic E-state index is 10.8. The molecule has 0 aromatic heterocycles. The predicted octanol–water partition coefficient (Wildman–Crippen LogP) is 1.74. The highest BCUT2D eigenvalue weighted by Gasteiger charge is 2.45. The molecule has 2 N–H and O–H groups in total. The molecule has 1 saturated carbocycles. The van der Waals surface area contributed by atoms with Gasteiger partial charge in [0.25, 0.3) is 0 Å². The van der Waals surface area contributed by atoms with Crippen LogP contribution in [0.1, 0.15) is 25.3 Å².